The molecule has 6 rings (SSSR count). The summed E-state index contributed by atoms with van der Waals surface area (Å²) in [6.45, 7) is 9.85. The largest absolute Gasteiger partial charge is 0.450 e. The van der Waals surface area contributed by atoms with E-state index in [0.29, 0.717) is 0 Å². The lowest BCUT2D eigenvalue weighted by atomic mass is 9.43. The number of hydrogen-bond acceptors (Lipinski definition) is 11. The predicted octanol–water partition coefficient (Wildman–Crippen LogP) is -1.16. The molecule has 1 aromatic heterocycles. The number of rotatable bonds is 5. The van der Waals surface area contributed by atoms with Gasteiger partial charge in [0.1, 0.15) is 28.4 Å². The number of carbonyl (C=O) groups excluding carboxylic acids is 2. The highest BCUT2D eigenvalue weighted by atomic mass is 16.8. The van der Waals surface area contributed by atoms with Gasteiger partial charge in [-0.3, -0.25) is 5.43 Å². The lowest BCUT2D eigenvalue weighted by Gasteiger charge is -2.75. The van der Waals surface area contributed by atoms with Crippen LogP contribution in [0, 0.1) is 16.7 Å². The van der Waals surface area contributed by atoms with Crippen LogP contribution in [0.1, 0.15) is 57.4 Å². The van der Waals surface area contributed by atoms with E-state index in [1.807, 2.05) is 0 Å². The molecule has 1 spiro atoms. The van der Waals surface area contributed by atoms with Gasteiger partial charge in [-0.2, -0.15) is 5.43 Å². The SMILES string of the molecule is C=C1CC[C@]2(O)[C@]3(C)CC4(O)O[C@@]2([C@@H]1O)[C@]1(O)O[C@@]3(NNC(N)=O)[C@H](OC(=O)c2ccc[nH]2)[C@](O)(C(C)C)[C@]41C. The van der Waals surface area contributed by atoms with Crippen molar-refractivity contribution in [3.8, 4) is 0 Å². The Bertz CT molecular complexity index is 1320. The number of carbonyl (C=O) groups is 2. The van der Waals surface area contributed by atoms with E-state index >= 15 is 0 Å². The molecule has 5 aliphatic rings. The second kappa shape index (κ2) is 7.44. The third-order valence-electron chi connectivity index (χ3n) is 11.0. The molecule has 0 aromatic carbocycles. The second-order valence-corrected chi connectivity index (χ2v) is 12.6. The Morgan fingerprint density at radius 1 is 1.23 bits per heavy atom. The minimum Gasteiger partial charge on any atom is -0.450 e. The number of H-pyrrole nitrogens is 1. The Hall–Kier alpha value is -2.56. The van der Waals surface area contributed by atoms with E-state index in [1.54, 1.807) is 19.9 Å². The van der Waals surface area contributed by atoms with E-state index in [2.05, 4.69) is 22.4 Å². The fourth-order valence-electron chi connectivity index (χ4n) is 8.91. The highest BCUT2D eigenvalue weighted by Crippen LogP contribution is 2.84. The molecular formula is C26H36N4O10. The number of hydrogen-bond donors (Lipinski definition) is 9. The van der Waals surface area contributed by atoms with Gasteiger partial charge in [-0.15, -0.1) is 0 Å². The summed E-state index contributed by atoms with van der Waals surface area (Å²) in [5.41, 5.74) is -3.04. The molecule has 4 aliphatic heterocycles. The van der Waals surface area contributed by atoms with Gasteiger partial charge in [0.15, 0.2) is 23.2 Å². The highest BCUT2D eigenvalue weighted by molar-refractivity contribution is 5.87. The van der Waals surface area contributed by atoms with Crippen molar-refractivity contribution >= 4 is 12.0 Å². The first kappa shape index (κ1) is 27.6. The van der Waals surface area contributed by atoms with Crippen molar-refractivity contribution in [2.45, 2.75) is 93.3 Å². The number of aliphatic hydroxyl groups is 5. The van der Waals surface area contributed by atoms with Gasteiger partial charge in [0.05, 0.1) is 5.41 Å². The molecule has 1 aliphatic carbocycles. The zero-order valence-electron chi connectivity index (χ0n) is 22.6. The first-order valence-electron chi connectivity index (χ1n) is 13.2. The van der Waals surface area contributed by atoms with Gasteiger partial charge in [-0.1, -0.05) is 27.4 Å². The molecular weight excluding hydrogens is 528 g/mol. The molecule has 40 heavy (non-hydrogen) atoms. The Morgan fingerprint density at radius 3 is 2.48 bits per heavy atom. The quantitative estimate of drug-likeness (QED) is 0.118. The van der Waals surface area contributed by atoms with Gasteiger partial charge in [-0.05, 0) is 43.4 Å². The van der Waals surface area contributed by atoms with E-state index < -0.39 is 81.5 Å². The zero-order chi connectivity index (χ0) is 29.5. The zero-order valence-corrected chi connectivity index (χ0v) is 22.6. The molecule has 220 valence electrons. The predicted molar refractivity (Wildman–Crippen MR) is 133 cm³/mol. The van der Waals surface area contributed by atoms with E-state index in [-0.39, 0.29) is 24.1 Å². The molecule has 5 fully saturated rings. The summed E-state index contributed by atoms with van der Waals surface area (Å²) >= 11 is 0. The molecule has 1 aromatic rings. The summed E-state index contributed by atoms with van der Waals surface area (Å²) in [6, 6.07) is 1.91. The highest BCUT2D eigenvalue weighted by Gasteiger charge is 3.04. The number of nitrogens with two attached hydrogens (primary N) is 1. The van der Waals surface area contributed by atoms with E-state index in [1.165, 1.54) is 26.1 Å². The summed E-state index contributed by atoms with van der Waals surface area (Å²) in [5, 5.41) is 62.3. The number of aliphatic hydroxyl groups excluding tert-OH is 1. The average Bonchev–Trinajstić information content (AvgIpc) is 3.44. The monoisotopic (exact) mass is 564 g/mol. The molecule has 14 heteroatoms. The van der Waals surface area contributed by atoms with Crippen LogP contribution in [0.15, 0.2) is 30.5 Å². The molecule has 0 radical (unpaired) electrons. The van der Waals surface area contributed by atoms with Gasteiger partial charge < -0.3 is 50.5 Å². The van der Waals surface area contributed by atoms with E-state index in [0.717, 1.165) is 0 Å². The van der Waals surface area contributed by atoms with Gasteiger partial charge >= 0.3 is 12.0 Å². The van der Waals surface area contributed by atoms with E-state index in [9.17, 15) is 35.1 Å². The maximum Gasteiger partial charge on any atom is 0.355 e. The van der Waals surface area contributed by atoms with Crippen LogP contribution in [-0.2, 0) is 14.2 Å². The van der Waals surface area contributed by atoms with Gasteiger partial charge in [-0.25, -0.2) is 9.59 Å². The van der Waals surface area contributed by atoms with Crippen molar-refractivity contribution in [3.05, 3.63) is 36.2 Å². The van der Waals surface area contributed by atoms with Crippen molar-refractivity contribution in [1.29, 1.82) is 0 Å². The number of urea groups is 1. The van der Waals surface area contributed by atoms with Crippen LogP contribution in [0.5, 0.6) is 0 Å². The fourth-order valence-corrected chi connectivity index (χ4v) is 8.91. The molecule has 14 nitrogen and oxygen atoms in total. The molecule has 5 heterocycles. The third kappa shape index (κ3) is 2.36. The fraction of sp³-hybridized carbons (Fsp3) is 0.692. The number of primary amides is 1. The summed E-state index contributed by atoms with van der Waals surface area (Å²) in [6.07, 6.45) is -2.60. The Labute approximate surface area is 229 Å². The van der Waals surface area contributed by atoms with Crippen LogP contribution in [0.4, 0.5) is 4.79 Å². The first-order chi connectivity index (χ1) is 18.4. The smallest absolute Gasteiger partial charge is 0.355 e. The van der Waals surface area contributed by atoms with Crippen molar-refractivity contribution in [1.82, 2.24) is 15.8 Å². The molecule has 4 saturated heterocycles. The molecule has 10 N–H and O–H groups in total. The number of hydrazine groups is 1. The van der Waals surface area contributed by atoms with Gasteiger partial charge in [0, 0.05) is 12.6 Å². The van der Waals surface area contributed by atoms with Crippen LogP contribution in [0.25, 0.3) is 0 Å². The topological polar surface area (TPSA) is 229 Å². The average molecular weight is 565 g/mol. The number of ether oxygens (including phenoxy) is 3. The van der Waals surface area contributed by atoms with Crippen molar-refractivity contribution < 1.29 is 49.3 Å². The van der Waals surface area contributed by atoms with Crippen LogP contribution >= 0.6 is 0 Å². The summed E-state index contributed by atoms with van der Waals surface area (Å²) in [7, 11) is 0. The first-order valence-corrected chi connectivity index (χ1v) is 13.2. The number of aromatic amines is 1. The molecule has 5 bridgehead atoms. The Kier molecular flexibility index (Phi) is 5.13. The minimum absolute atomic E-state index is 0.0160. The second-order valence-electron chi connectivity index (χ2n) is 12.6. The Morgan fingerprint density at radius 2 is 1.90 bits per heavy atom. The van der Waals surface area contributed by atoms with Crippen LogP contribution in [0.2, 0.25) is 0 Å². The van der Waals surface area contributed by atoms with Crippen LogP contribution in [-0.4, -0.2) is 88.8 Å². The number of amides is 2. The number of nitrogens with one attached hydrogen (secondary N) is 3. The number of fused-ring (bicyclic) bond motifs is 4. The maximum absolute atomic E-state index is 13.4. The Balaban J connectivity index is 1.72. The molecule has 2 amide bonds. The third-order valence-corrected chi connectivity index (χ3v) is 11.0. The minimum atomic E-state index is -2.86. The van der Waals surface area contributed by atoms with Crippen LogP contribution < -0.4 is 16.6 Å². The summed E-state index contributed by atoms with van der Waals surface area (Å²) in [5.74, 6) is -7.15. The van der Waals surface area contributed by atoms with Crippen molar-refractivity contribution in [3.63, 3.8) is 0 Å². The lowest BCUT2D eigenvalue weighted by Crippen LogP contribution is -2.97. The van der Waals surface area contributed by atoms with Crippen molar-refractivity contribution in [2.24, 2.45) is 22.5 Å². The summed E-state index contributed by atoms with van der Waals surface area (Å²) < 4.78 is 18.7. The van der Waals surface area contributed by atoms with Gasteiger partial charge in [0.25, 0.3) is 0 Å². The molecule has 10 atom stereocenters. The summed E-state index contributed by atoms with van der Waals surface area (Å²) in [4.78, 5) is 28.2. The lowest BCUT2D eigenvalue weighted by molar-refractivity contribution is -0.521. The number of esters is 1. The van der Waals surface area contributed by atoms with Crippen molar-refractivity contribution in [2.75, 3.05) is 0 Å². The normalized spacial score (nSPS) is 52.1. The standard InChI is InChI=1S/C26H36N4O10/c1-12(2)23(36)17(38-16(32)14-7-6-10-28-14)25(30-29-18(27)33)19(4)11-22(35)20(23,5)26(37,40-25)24(39-22)15(31)13(3)8-9-21(19,24)34/h6-7,10,12,15,17,28,30-31,34-37H,3,8-9,11H2,1-2,4-5H3,(H3,27,29,33)/t15-,17-,19+,20+,21+,22?,23-,24-,25+,26-/m1/s1. The molecule has 1 saturated carbocycles. The molecule has 1 unspecified atom stereocenters. The van der Waals surface area contributed by atoms with E-state index in [4.69, 9.17) is 19.9 Å². The van der Waals surface area contributed by atoms with Crippen LogP contribution in [0.3, 0.4) is 0 Å². The van der Waals surface area contributed by atoms with Gasteiger partial charge in [0.2, 0.25) is 5.79 Å². The maximum atomic E-state index is 13.4. The number of aromatic nitrogens is 1.